The summed E-state index contributed by atoms with van der Waals surface area (Å²) in [6, 6.07) is 11.5. The van der Waals surface area contributed by atoms with Crippen molar-refractivity contribution in [3.8, 4) is 5.75 Å². The van der Waals surface area contributed by atoms with E-state index in [4.69, 9.17) is 5.11 Å². The van der Waals surface area contributed by atoms with Crippen molar-refractivity contribution >= 4 is 29.3 Å². The number of hydrogen-bond donors (Lipinski definition) is 3. The molecule has 0 bridgehead atoms. The van der Waals surface area contributed by atoms with Gasteiger partial charge in [-0.2, -0.15) is 5.10 Å². The number of aliphatic carboxylic acids is 1. The first kappa shape index (κ1) is 18.7. The number of aromatic nitrogens is 3. The number of fused-ring (bicyclic) bond motifs is 1. The topological polar surface area (TPSA) is 117 Å². The van der Waals surface area contributed by atoms with Gasteiger partial charge in [0.25, 0.3) is 5.91 Å². The Labute approximate surface area is 159 Å². The van der Waals surface area contributed by atoms with Gasteiger partial charge in [0.2, 0.25) is 0 Å². The fraction of sp³-hybridized carbons (Fsp3) is 0.222. The van der Waals surface area contributed by atoms with E-state index in [1.807, 2.05) is 18.2 Å². The molecular weight excluding hydrogens is 368 g/mol. The maximum absolute atomic E-state index is 12.2. The van der Waals surface area contributed by atoms with E-state index in [0.717, 1.165) is 5.75 Å². The molecule has 0 aliphatic heterocycles. The van der Waals surface area contributed by atoms with Crippen molar-refractivity contribution in [2.45, 2.75) is 17.9 Å². The quantitative estimate of drug-likeness (QED) is 0.533. The molecule has 140 valence electrons. The number of benzene rings is 1. The highest BCUT2D eigenvalue weighted by Gasteiger charge is 2.21. The van der Waals surface area contributed by atoms with Gasteiger partial charge in [0.05, 0.1) is 0 Å². The van der Waals surface area contributed by atoms with E-state index in [0.29, 0.717) is 5.03 Å². The Kier molecular flexibility index (Phi) is 5.60. The van der Waals surface area contributed by atoms with Crippen LogP contribution >= 0.6 is 11.8 Å². The minimum Gasteiger partial charge on any atom is -0.507 e. The number of hydrogen-bond acceptors (Lipinski definition) is 6. The summed E-state index contributed by atoms with van der Waals surface area (Å²) < 4.78 is 1.47. The highest BCUT2D eigenvalue weighted by molar-refractivity contribution is 7.99. The van der Waals surface area contributed by atoms with Crippen molar-refractivity contribution in [2.75, 3.05) is 12.3 Å². The van der Waals surface area contributed by atoms with Crippen LogP contribution in [0.4, 0.5) is 0 Å². The van der Waals surface area contributed by atoms with Crippen LogP contribution in [-0.4, -0.2) is 49.0 Å². The van der Waals surface area contributed by atoms with E-state index in [1.54, 1.807) is 0 Å². The van der Waals surface area contributed by atoms with Crippen LogP contribution in [0.1, 0.15) is 28.8 Å². The third-order valence-corrected chi connectivity index (χ3v) is 5.23. The molecule has 1 amide bonds. The molecule has 2 aromatic heterocycles. The minimum absolute atomic E-state index is 0.103. The fourth-order valence-corrected chi connectivity index (χ4v) is 3.66. The third kappa shape index (κ3) is 4.20. The third-order valence-electron chi connectivity index (χ3n) is 3.97. The summed E-state index contributed by atoms with van der Waals surface area (Å²) >= 11 is 1.48. The predicted molar refractivity (Wildman–Crippen MR) is 100 cm³/mol. The molecule has 3 aromatic rings. The molecule has 1 unspecified atom stereocenters. The average Bonchev–Trinajstić information content (AvgIpc) is 3.14. The van der Waals surface area contributed by atoms with E-state index < -0.39 is 18.4 Å². The van der Waals surface area contributed by atoms with Crippen LogP contribution in [0, 0.1) is 0 Å². The Morgan fingerprint density at radius 3 is 2.74 bits per heavy atom. The molecule has 0 saturated heterocycles. The van der Waals surface area contributed by atoms with E-state index in [1.165, 1.54) is 34.2 Å². The number of thioether (sulfide) groups is 1. The summed E-state index contributed by atoms with van der Waals surface area (Å²) in [5, 5.41) is 26.0. The molecule has 0 fully saturated rings. The molecule has 0 aliphatic rings. The molecule has 2 heterocycles. The Bertz CT molecular complexity index is 974. The predicted octanol–water partition coefficient (Wildman–Crippen LogP) is 2.15. The lowest BCUT2D eigenvalue weighted by molar-refractivity contribution is -0.135. The van der Waals surface area contributed by atoms with Crippen molar-refractivity contribution in [2.24, 2.45) is 0 Å². The Hall–Kier alpha value is -3.07. The summed E-state index contributed by atoms with van der Waals surface area (Å²) in [4.78, 5) is 26.9. The summed E-state index contributed by atoms with van der Waals surface area (Å²) in [7, 11) is 0. The number of nitrogens with one attached hydrogen (secondary N) is 1. The summed E-state index contributed by atoms with van der Waals surface area (Å²) in [6.45, 7) is 1.55. The molecule has 3 N–H and O–H groups in total. The second-order valence-corrected chi connectivity index (χ2v) is 6.98. The van der Waals surface area contributed by atoms with E-state index >= 15 is 0 Å². The number of carbonyl (C=O) groups excluding carboxylic acids is 1. The molecule has 0 saturated carbocycles. The van der Waals surface area contributed by atoms with Gasteiger partial charge in [0.15, 0.2) is 5.65 Å². The van der Waals surface area contributed by atoms with Gasteiger partial charge in [0, 0.05) is 11.8 Å². The second kappa shape index (κ2) is 8.09. The molecule has 1 aromatic carbocycles. The number of carboxylic acids is 1. The Morgan fingerprint density at radius 2 is 2.04 bits per heavy atom. The normalized spacial score (nSPS) is 12.0. The summed E-state index contributed by atoms with van der Waals surface area (Å²) in [6.07, 6.45) is 1.29. The van der Waals surface area contributed by atoms with Gasteiger partial charge >= 0.3 is 5.97 Å². The maximum atomic E-state index is 12.2. The molecule has 27 heavy (non-hydrogen) atoms. The van der Waals surface area contributed by atoms with Crippen LogP contribution in [0.2, 0.25) is 0 Å². The molecule has 0 radical (unpaired) electrons. The maximum Gasteiger partial charge on any atom is 0.322 e. The van der Waals surface area contributed by atoms with Gasteiger partial charge in [-0.05, 0) is 11.5 Å². The number of pyridine rings is 1. The number of carbonyl (C=O) groups is 2. The standard InChI is InChI=1S/C18H18N4O4S/c1-11(12-5-3-2-4-6-12)9-27-14-7-13(23)16(17-20-10-21-22(14)17)18(26)19-8-15(24)25/h2-7,10-11,23H,8-9H2,1H3,(H,19,26)(H,24,25). The van der Waals surface area contributed by atoms with Gasteiger partial charge in [-0.25, -0.2) is 9.50 Å². The molecule has 3 rings (SSSR count). The van der Waals surface area contributed by atoms with Crippen molar-refractivity contribution in [3.05, 3.63) is 53.9 Å². The zero-order valence-electron chi connectivity index (χ0n) is 14.5. The first-order valence-electron chi connectivity index (χ1n) is 8.20. The van der Waals surface area contributed by atoms with Crippen molar-refractivity contribution in [1.82, 2.24) is 19.9 Å². The van der Waals surface area contributed by atoms with Crippen LogP contribution in [0.25, 0.3) is 5.65 Å². The molecule has 0 aliphatic carbocycles. The van der Waals surface area contributed by atoms with Crippen LogP contribution in [-0.2, 0) is 4.79 Å². The number of amides is 1. The molecule has 1 atom stereocenters. The smallest absolute Gasteiger partial charge is 0.322 e. The van der Waals surface area contributed by atoms with Crippen LogP contribution < -0.4 is 5.32 Å². The van der Waals surface area contributed by atoms with E-state index in [2.05, 4.69) is 34.5 Å². The monoisotopic (exact) mass is 386 g/mol. The van der Waals surface area contributed by atoms with Crippen molar-refractivity contribution in [3.63, 3.8) is 0 Å². The Balaban J connectivity index is 1.84. The van der Waals surface area contributed by atoms with Gasteiger partial charge in [-0.15, -0.1) is 11.8 Å². The summed E-state index contributed by atoms with van der Waals surface area (Å²) in [5.41, 5.74) is 1.27. The number of rotatable bonds is 7. The number of carboxylic acid groups (broad SMARTS) is 1. The van der Waals surface area contributed by atoms with Crippen LogP contribution in [0.5, 0.6) is 5.75 Å². The zero-order valence-corrected chi connectivity index (χ0v) is 15.3. The summed E-state index contributed by atoms with van der Waals surface area (Å²) in [5.74, 6) is -1.16. The molecule has 8 nitrogen and oxygen atoms in total. The lowest BCUT2D eigenvalue weighted by Crippen LogP contribution is -2.29. The van der Waals surface area contributed by atoms with Crippen molar-refractivity contribution in [1.29, 1.82) is 0 Å². The van der Waals surface area contributed by atoms with Crippen LogP contribution in [0.15, 0.2) is 47.8 Å². The first-order chi connectivity index (χ1) is 13.0. The molecular formula is C18H18N4O4S. The number of nitrogens with zero attached hydrogens (tertiary/aromatic N) is 3. The lowest BCUT2D eigenvalue weighted by atomic mass is 10.0. The second-order valence-electron chi connectivity index (χ2n) is 5.94. The van der Waals surface area contributed by atoms with Gasteiger partial charge < -0.3 is 15.5 Å². The lowest BCUT2D eigenvalue weighted by Gasteiger charge is -2.13. The van der Waals surface area contributed by atoms with Gasteiger partial charge in [0.1, 0.15) is 29.2 Å². The average molecular weight is 386 g/mol. The van der Waals surface area contributed by atoms with Crippen LogP contribution in [0.3, 0.4) is 0 Å². The SMILES string of the molecule is CC(CSc1cc(O)c(C(=O)NCC(=O)O)c2ncnn12)c1ccccc1. The largest absolute Gasteiger partial charge is 0.507 e. The molecule has 0 spiro atoms. The number of aromatic hydroxyl groups is 1. The first-order valence-corrected chi connectivity index (χ1v) is 9.19. The van der Waals surface area contributed by atoms with Crippen molar-refractivity contribution < 1.29 is 19.8 Å². The van der Waals surface area contributed by atoms with E-state index in [-0.39, 0.29) is 22.9 Å². The Morgan fingerprint density at radius 1 is 1.30 bits per heavy atom. The highest BCUT2D eigenvalue weighted by atomic mass is 32.2. The molecule has 9 heteroatoms. The van der Waals surface area contributed by atoms with Gasteiger partial charge in [-0.1, -0.05) is 37.3 Å². The highest BCUT2D eigenvalue weighted by Crippen LogP contribution is 2.31. The van der Waals surface area contributed by atoms with Gasteiger partial charge in [-0.3, -0.25) is 9.59 Å². The minimum atomic E-state index is -1.18. The fourth-order valence-electron chi connectivity index (χ4n) is 2.59. The van der Waals surface area contributed by atoms with E-state index in [9.17, 15) is 14.7 Å². The zero-order chi connectivity index (χ0) is 19.4.